The molecule has 1 N–H and O–H groups in total. The third kappa shape index (κ3) is 4.87. The van der Waals surface area contributed by atoms with Crippen LogP contribution in [0, 0.1) is 10.1 Å². The molecular formula is C19H23N3O5. The average Bonchev–Trinajstić information content (AvgIpc) is 2.66. The lowest BCUT2D eigenvalue weighted by molar-refractivity contribution is -0.384. The predicted octanol–water partition coefficient (Wildman–Crippen LogP) is 2.65. The maximum Gasteiger partial charge on any atom is 0.293 e. The van der Waals surface area contributed by atoms with Gasteiger partial charge < -0.3 is 19.7 Å². The predicted molar refractivity (Wildman–Crippen MR) is 103 cm³/mol. The van der Waals surface area contributed by atoms with Crippen molar-refractivity contribution in [2.75, 3.05) is 39.8 Å². The zero-order valence-corrected chi connectivity index (χ0v) is 15.8. The van der Waals surface area contributed by atoms with E-state index in [1.54, 1.807) is 51.4 Å². The molecule has 0 spiro atoms. The van der Waals surface area contributed by atoms with Gasteiger partial charge >= 0.3 is 0 Å². The highest BCUT2D eigenvalue weighted by Crippen LogP contribution is 2.28. The van der Waals surface area contributed by atoms with Gasteiger partial charge in [-0.05, 0) is 36.2 Å². The van der Waals surface area contributed by atoms with Gasteiger partial charge in [-0.15, -0.1) is 0 Å². The molecule has 144 valence electrons. The molecule has 8 nitrogen and oxygen atoms in total. The van der Waals surface area contributed by atoms with E-state index in [-0.39, 0.29) is 17.2 Å². The summed E-state index contributed by atoms with van der Waals surface area (Å²) in [6, 6.07) is 9.99. The van der Waals surface area contributed by atoms with Crippen molar-refractivity contribution in [2.45, 2.75) is 6.42 Å². The van der Waals surface area contributed by atoms with E-state index in [9.17, 15) is 14.9 Å². The summed E-state index contributed by atoms with van der Waals surface area (Å²) in [7, 11) is 6.56. The van der Waals surface area contributed by atoms with E-state index in [2.05, 4.69) is 5.32 Å². The molecule has 0 fully saturated rings. The Labute approximate surface area is 157 Å². The number of rotatable bonds is 8. The lowest BCUT2D eigenvalue weighted by atomic mass is 10.1. The number of carbonyl (C=O) groups excluding carboxylic acids is 1. The first-order valence-corrected chi connectivity index (χ1v) is 8.32. The van der Waals surface area contributed by atoms with Crippen LogP contribution in [0.3, 0.4) is 0 Å². The van der Waals surface area contributed by atoms with E-state index >= 15 is 0 Å². The van der Waals surface area contributed by atoms with Crippen LogP contribution in [0.5, 0.6) is 11.5 Å². The van der Waals surface area contributed by atoms with Crippen molar-refractivity contribution < 1.29 is 19.2 Å². The number of hydrogen-bond acceptors (Lipinski definition) is 6. The lowest BCUT2D eigenvalue weighted by Gasteiger charge is -2.13. The van der Waals surface area contributed by atoms with Gasteiger partial charge in [-0.3, -0.25) is 14.9 Å². The molecule has 2 rings (SSSR count). The Morgan fingerprint density at radius 3 is 2.41 bits per heavy atom. The summed E-state index contributed by atoms with van der Waals surface area (Å²) >= 11 is 0. The maximum absolute atomic E-state index is 12.3. The molecule has 0 saturated carbocycles. The van der Waals surface area contributed by atoms with Crippen LogP contribution in [0.25, 0.3) is 0 Å². The quantitative estimate of drug-likeness (QED) is 0.565. The third-order valence-electron chi connectivity index (χ3n) is 4.06. The number of nitrogens with zero attached hydrogens (tertiary/aromatic N) is 2. The van der Waals surface area contributed by atoms with Crippen molar-refractivity contribution in [3.8, 4) is 11.5 Å². The Bertz CT molecular complexity index is 836. The fourth-order valence-electron chi connectivity index (χ4n) is 2.65. The third-order valence-corrected chi connectivity index (χ3v) is 4.06. The van der Waals surface area contributed by atoms with Crippen LogP contribution in [0.4, 0.5) is 11.4 Å². The van der Waals surface area contributed by atoms with Crippen molar-refractivity contribution in [1.82, 2.24) is 5.32 Å². The number of nitrogens with one attached hydrogen (secondary N) is 1. The van der Waals surface area contributed by atoms with Gasteiger partial charge in [0.25, 0.3) is 11.6 Å². The van der Waals surface area contributed by atoms with E-state index in [0.717, 1.165) is 5.56 Å². The Kier molecular flexibility index (Phi) is 6.59. The van der Waals surface area contributed by atoms with E-state index < -0.39 is 4.92 Å². The molecule has 2 aromatic rings. The summed E-state index contributed by atoms with van der Waals surface area (Å²) in [5, 5.41) is 14.0. The molecule has 0 aromatic heterocycles. The van der Waals surface area contributed by atoms with E-state index in [1.807, 2.05) is 12.1 Å². The number of ether oxygens (including phenoxy) is 2. The second-order valence-corrected chi connectivity index (χ2v) is 6.05. The van der Waals surface area contributed by atoms with Crippen LogP contribution in [-0.2, 0) is 6.42 Å². The molecular weight excluding hydrogens is 350 g/mol. The summed E-state index contributed by atoms with van der Waals surface area (Å²) in [5.41, 5.74) is 1.57. The second kappa shape index (κ2) is 8.88. The van der Waals surface area contributed by atoms with Crippen molar-refractivity contribution >= 4 is 17.3 Å². The molecule has 8 heteroatoms. The van der Waals surface area contributed by atoms with Crippen LogP contribution >= 0.6 is 0 Å². The fourth-order valence-corrected chi connectivity index (χ4v) is 2.65. The second-order valence-electron chi connectivity index (χ2n) is 6.05. The highest BCUT2D eigenvalue weighted by atomic mass is 16.6. The summed E-state index contributed by atoms with van der Waals surface area (Å²) in [6.45, 7) is 0.386. The number of methoxy groups -OCH3 is 2. The first-order valence-electron chi connectivity index (χ1n) is 8.32. The Morgan fingerprint density at radius 2 is 1.81 bits per heavy atom. The normalized spacial score (nSPS) is 10.2. The summed E-state index contributed by atoms with van der Waals surface area (Å²) in [6.07, 6.45) is 0.587. The standard InChI is InChI=1S/C19H23N3O5/c1-21(2)15-7-6-14(12-16(15)22(24)25)19(23)20-10-9-13-5-8-17(26-3)18(11-13)27-4/h5-8,11-12H,9-10H2,1-4H3,(H,20,23). The van der Waals surface area contributed by atoms with Crippen LogP contribution in [0.15, 0.2) is 36.4 Å². The van der Waals surface area contributed by atoms with Gasteiger partial charge in [-0.1, -0.05) is 6.07 Å². The van der Waals surface area contributed by atoms with Crippen LogP contribution in [-0.4, -0.2) is 45.7 Å². The van der Waals surface area contributed by atoms with Gasteiger partial charge in [0.05, 0.1) is 19.1 Å². The van der Waals surface area contributed by atoms with Gasteiger partial charge in [0.2, 0.25) is 0 Å². The van der Waals surface area contributed by atoms with Crippen molar-refractivity contribution in [1.29, 1.82) is 0 Å². The number of carbonyl (C=O) groups is 1. The van der Waals surface area contributed by atoms with Crippen LogP contribution in [0.1, 0.15) is 15.9 Å². The Morgan fingerprint density at radius 1 is 1.11 bits per heavy atom. The zero-order valence-electron chi connectivity index (χ0n) is 15.8. The molecule has 0 aliphatic rings. The maximum atomic E-state index is 12.3. The van der Waals surface area contributed by atoms with E-state index in [4.69, 9.17) is 9.47 Å². The van der Waals surface area contributed by atoms with Gasteiger partial charge in [-0.2, -0.15) is 0 Å². The van der Waals surface area contributed by atoms with Gasteiger partial charge in [0, 0.05) is 32.3 Å². The highest BCUT2D eigenvalue weighted by Gasteiger charge is 2.18. The van der Waals surface area contributed by atoms with Gasteiger partial charge in [0.1, 0.15) is 5.69 Å². The van der Waals surface area contributed by atoms with Crippen molar-refractivity contribution in [2.24, 2.45) is 0 Å². The molecule has 0 saturated heterocycles. The molecule has 0 aliphatic heterocycles. The number of benzene rings is 2. The molecule has 1 amide bonds. The molecule has 0 aliphatic carbocycles. The van der Waals surface area contributed by atoms with Gasteiger partial charge in [0.15, 0.2) is 11.5 Å². The molecule has 27 heavy (non-hydrogen) atoms. The SMILES string of the molecule is COc1ccc(CCNC(=O)c2ccc(N(C)C)c([N+](=O)[O-])c2)cc1OC. The number of hydrogen-bond donors (Lipinski definition) is 1. The van der Waals surface area contributed by atoms with Crippen molar-refractivity contribution in [3.05, 3.63) is 57.6 Å². The zero-order chi connectivity index (χ0) is 20.0. The number of anilines is 1. The average molecular weight is 373 g/mol. The minimum Gasteiger partial charge on any atom is -0.493 e. The molecule has 0 radical (unpaired) electrons. The topological polar surface area (TPSA) is 93.9 Å². The molecule has 0 heterocycles. The Hall–Kier alpha value is -3.29. The smallest absolute Gasteiger partial charge is 0.293 e. The Balaban J connectivity index is 2.04. The molecule has 2 aromatic carbocycles. The minimum atomic E-state index is -0.490. The van der Waals surface area contributed by atoms with Crippen LogP contribution in [0.2, 0.25) is 0 Å². The van der Waals surface area contributed by atoms with E-state index in [0.29, 0.717) is 30.2 Å². The number of amides is 1. The summed E-state index contributed by atoms with van der Waals surface area (Å²) in [5.74, 6) is 0.902. The summed E-state index contributed by atoms with van der Waals surface area (Å²) in [4.78, 5) is 24.7. The van der Waals surface area contributed by atoms with Crippen molar-refractivity contribution in [3.63, 3.8) is 0 Å². The number of nitro groups is 1. The number of nitro benzene ring substituents is 1. The largest absolute Gasteiger partial charge is 0.493 e. The fraction of sp³-hybridized carbons (Fsp3) is 0.316. The highest BCUT2D eigenvalue weighted by molar-refractivity contribution is 5.95. The lowest BCUT2D eigenvalue weighted by Crippen LogP contribution is -2.26. The van der Waals surface area contributed by atoms with Crippen LogP contribution < -0.4 is 19.7 Å². The first kappa shape index (κ1) is 20.0. The molecule has 0 atom stereocenters. The molecule has 0 bridgehead atoms. The first-order chi connectivity index (χ1) is 12.9. The monoisotopic (exact) mass is 373 g/mol. The summed E-state index contributed by atoms with van der Waals surface area (Å²) < 4.78 is 10.5. The molecule has 0 unspecified atom stereocenters. The van der Waals surface area contributed by atoms with E-state index in [1.165, 1.54) is 6.07 Å². The van der Waals surface area contributed by atoms with Gasteiger partial charge in [-0.25, -0.2) is 0 Å². The minimum absolute atomic E-state index is 0.104.